The number of hydrogen-bond acceptors (Lipinski definition) is 9. The van der Waals surface area contributed by atoms with Crippen LogP contribution in [0.3, 0.4) is 0 Å². The molecule has 11 heteroatoms. The van der Waals surface area contributed by atoms with Gasteiger partial charge in [-0.3, -0.25) is 9.19 Å². The van der Waals surface area contributed by atoms with Crippen molar-refractivity contribution in [1.82, 2.24) is 19.9 Å². The normalized spacial score (nSPS) is 14.8. The molecule has 1 saturated carbocycles. The topological polar surface area (TPSA) is 127 Å². The lowest BCUT2D eigenvalue weighted by Crippen LogP contribution is -2.23. The molecule has 0 aromatic carbocycles. The highest BCUT2D eigenvalue weighted by Gasteiger charge is 2.29. The summed E-state index contributed by atoms with van der Waals surface area (Å²) in [5, 5.41) is 12.6. The molecule has 0 saturated heterocycles. The van der Waals surface area contributed by atoms with Gasteiger partial charge in [0.2, 0.25) is 5.95 Å². The molecule has 0 radical (unpaired) electrons. The van der Waals surface area contributed by atoms with Crippen LogP contribution in [0.25, 0.3) is 32.6 Å². The third-order valence-electron chi connectivity index (χ3n) is 5.56. The summed E-state index contributed by atoms with van der Waals surface area (Å²) in [6.07, 6.45) is 8.88. The van der Waals surface area contributed by atoms with Crippen molar-refractivity contribution in [3.63, 3.8) is 0 Å². The number of nitrogens with one attached hydrogen (secondary N) is 1. The lowest BCUT2D eigenvalue weighted by atomic mass is 10.00. The Morgan fingerprint density at radius 1 is 1.18 bits per heavy atom. The highest BCUT2D eigenvalue weighted by atomic mass is 32.2. The molecule has 1 fully saturated rings. The number of anilines is 2. The van der Waals surface area contributed by atoms with Crippen molar-refractivity contribution in [1.29, 1.82) is 0 Å². The molecule has 0 aliphatic heterocycles. The SMILES string of the molecule is Nc1c(S(=O)C2CCC2)sc2nc(-c3cnc(NCCO)nc3)cc(-c3cncc(F)c3)c12. The fourth-order valence-electron chi connectivity index (χ4n) is 3.64. The van der Waals surface area contributed by atoms with Crippen LogP contribution in [0.15, 0.2) is 41.1 Å². The smallest absolute Gasteiger partial charge is 0.222 e. The van der Waals surface area contributed by atoms with E-state index in [-0.39, 0.29) is 11.9 Å². The molecule has 0 bridgehead atoms. The van der Waals surface area contributed by atoms with Crippen molar-refractivity contribution >= 4 is 44.0 Å². The van der Waals surface area contributed by atoms with Gasteiger partial charge in [0, 0.05) is 46.9 Å². The van der Waals surface area contributed by atoms with Crippen molar-refractivity contribution in [3.05, 3.63) is 42.7 Å². The third kappa shape index (κ3) is 4.19. The number of pyridine rings is 2. The first-order valence-corrected chi connectivity index (χ1v) is 12.5. The van der Waals surface area contributed by atoms with Crippen LogP contribution in [0, 0.1) is 5.82 Å². The number of aliphatic hydroxyl groups is 1. The van der Waals surface area contributed by atoms with Gasteiger partial charge < -0.3 is 16.2 Å². The van der Waals surface area contributed by atoms with Gasteiger partial charge >= 0.3 is 0 Å². The molecule has 0 spiro atoms. The average Bonchev–Trinajstić information content (AvgIpc) is 3.13. The lowest BCUT2D eigenvalue weighted by molar-refractivity contribution is 0.311. The first-order chi connectivity index (χ1) is 16.0. The van der Waals surface area contributed by atoms with E-state index in [1.54, 1.807) is 24.7 Å². The lowest BCUT2D eigenvalue weighted by Gasteiger charge is -2.23. The minimum absolute atomic E-state index is 0.0290. The van der Waals surface area contributed by atoms with E-state index >= 15 is 0 Å². The second-order valence-corrected chi connectivity index (χ2v) is 10.7. The second kappa shape index (κ2) is 9.08. The highest BCUT2D eigenvalue weighted by molar-refractivity contribution is 7.88. The molecule has 0 amide bonds. The van der Waals surface area contributed by atoms with E-state index in [1.165, 1.54) is 17.4 Å². The van der Waals surface area contributed by atoms with Crippen LogP contribution in [-0.4, -0.2) is 47.7 Å². The van der Waals surface area contributed by atoms with Crippen molar-refractivity contribution in [2.45, 2.75) is 28.7 Å². The Balaban J connectivity index is 1.66. The van der Waals surface area contributed by atoms with Gasteiger partial charge in [0.25, 0.3) is 0 Å². The van der Waals surface area contributed by atoms with Crippen LogP contribution in [0.1, 0.15) is 19.3 Å². The molecular formula is C22H21FN6O2S2. The van der Waals surface area contributed by atoms with Gasteiger partial charge in [0.05, 0.1) is 35.0 Å². The number of aromatic nitrogens is 4. The molecular weight excluding hydrogens is 463 g/mol. The van der Waals surface area contributed by atoms with E-state index in [1.807, 2.05) is 0 Å². The standard InChI is InChI=1S/C22H21FN6O2S2/c23-14-6-12(8-25-11-14)16-7-17(13-9-27-22(28-10-13)26-4-5-30)29-20-18(16)19(24)21(32-20)33(31)15-2-1-3-15/h6-11,15,30H,1-5,24H2,(H,26,27,28). The predicted molar refractivity (Wildman–Crippen MR) is 128 cm³/mol. The van der Waals surface area contributed by atoms with Crippen LogP contribution in [0.4, 0.5) is 16.0 Å². The van der Waals surface area contributed by atoms with Gasteiger partial charge in [-0.15, -0.1) is 11.3 Å². The summed E-state index contributed by atoms with van der Waals surface area (Å²) < 4.78 is 27.7. The quantitative estimate of drug-likeness (QED) is 0.363. The average molecular weight is 485 g/mol. The Morgan fingerprint density at radius 3 is 2.64 bits per heavy atom. The molecule has 1 unspecified atom stereocenters. The number of nitrogens with two attached hydrogens (primary N) is 1. The number of hydrogen-bond donors (Lipinski definition) is 3. The van der Waals surface area contributed by atoms with Crippen LogP contribution in [-0.2, 0) is 10.8 Å². The van der Waals surface area contributed by atoms with Crippen molar-refractivity contribution in [3.8, 4) is 22.4 Å². The number of rotatable bonds is 7. The van der Waals surface area contributed by atoms with Crippen molar-refractivity contribution in [2.24, 2.45) is 0 Å². The first kappa shape index (κ1) is 21.8. The summed E-state index contributed by atoms with van der Waals surface area (Å²) in [6, 6.07) is 3.20. The zero-order valence-electron chi connectivity index (χ0n) is 17.5. The van der Waals surface area contributed by atoms with E-state index in [4.69, 9.17) is 15.8 Å². The van der Waals surface area contributed by atoms with Gasteiger partial charge in [-0.25, -0.2) is 19.3 Å². The monoisotopic (exact) mass is 484 g/mol. The molecule has 33 heavy (non-hydrogen) atoms. The maximum Gasteiger partial charge on any atom is 0.222 e. The summed E-state index contributed by atoms with van der Waals surface area (Å²) >= 11 is 1.31. The molecule has 1 aliphatic carbocycles. The molecule has 1 aliphatic rings. The summed E-state index contributed by atoms with van der Waals surface area (Å²) in [5.74, 6) is -0.0734. The zero-order valence-corrected chi connectivity index (χ0v) is 19.1. The minimum atomic E-state index is -1.20. The van der Waals surface area contributed by atoms with Crippen molar-refractivity contribution < 1.29 is 13.7 Å². The third-order valence-corrected chi connectivity index (χ3v) is 8.86. The molecule has 4 aromatic rings. The molecule has 4 aromatic heterocycles. The van der Waals surface area contributed by atoms with E-state index in [0.29, 0.717) is 55.0 Å². The van der Waals surface area contributed by atoms with Crippen LogP contribution >= 0.6 is 11.3 Å². The molecule has 5 rings (SSSR count). The largest absolute Gasteiger partial charge is 0.396 e. The summed E-state index contributed by atoms with van der Waals surface area (Å²) in [6.45, 7) is 0.314. The first-order valence-electron chi connectivity index (χ1n) is 10.5. The van der Waals surface area contributed by atoms with Crippen LogP contribution in [0.5, 0.6) is 0 Å². The number of thiophene rings is 1. The van der Waals surface area contributed by atoms with Crippen LogP contribution in [0.2, 0.25) is 0 Å². The fraction of sp³-hybridized carbons (Fsp3) is 0.273. The maximum atomic E-state index is 14.0. The van der Waals surface area contributed by atoms with Gasteiger partial charge in [0.15, 0.2) is 0 Å². The van der Waals surface area contributed by atoms with Gasteiger partial charge in [0.1, 0.15) is 14.9 Å². The van der Waals surface area contributed by atoms with E-state index in [2.05, 4.69) is 20.3 Å². The van der Waals surface area contributed by atoms with Gasteiger partial charge in [-0.2, -0.15) is 0 Å². The summed E-state index contributed by atoms with van der Waals surface area (Å²) in [5.41, 5.74) is 9.38. The second-order valence-electron chi connectivity index (χ2n) is 7.73. The number of halogens is 1. The number of nitrogen functional groups attached to an aromatic ring is 1. The number of fused-ring (bicyclic) bond motifs is 1. The van der Waals surface area contributed by atoms with E-state index < -0.39 is 16.6 Å². The molecule has 8 nitrogen and oxygen atoms in total. The Bertz CT molecular complexity index is 1340. The highest BCUT2D eigenvalue weighted by Crippen LogP contribution is 2.44. The summed E-state index contributed by atoms with van der Waals surface area (Å²) in [4.78, 5) is 17.9. The van der Waals surface area contributed by atoms with Crippen molar-refractivity contribution in [2.75, 3.05) is 24.2 Å². The van der Waals surface area contributed by atoms with Crippen LogP contribution < -0.4 is 11.1 Å². The fourth-order valence-corrected chi connectivity index (χ4v) is 6.85. The number of aliphatic hydroxyl groups excluding tert-OH is 1. The maximum absolute atomic E-state index is 14.0. The van der Waals surface area contributed by atoms with E-state index in [9.17, 15) is 8.60 Å². The molecule has 170 valence electrons. The molecule has 4 N–H and O–H groups in total. The summed E-state index contributed by atoms with van der Waals surface area (Å²) in [7, 11) is -1.20. The van der Waals surface area contributed by atoms with E-state index in [0.717, 1.165) is 25.5 Å². The molecule has 4 heterocycles. The number of nitrogens with zero attached hydrogens (tertiary/aromatic N) is 4. The molecule has 1 atom stereocenters. The van der Waals surface area contributed by atoms with Gasteiger partial charge in [-0.05, 0) is 30.5 Å². The zero-order chi connectivity index (χ0) is 22.9. The Labute approximate surface area is 195 Å². The Kier molecular flexibility index (Phi) is 6.00. The Morgan fingerprint density at radius 2 is 1.97 bits per heavy atom. The van der Waals surface area contributed by atoms with Gasteiger partial charge in [-0.1, -0.05) is 6.42 Å². The predicted octanol–water partition coefficient (Wildman–Crippen LogP) is 3.60. The Hall–Kier alpha value is -3.02. The minimum Gasteiger partial charge on any atom is -0.396 e.